The zero-order chi connectivity index (χ0) is 14.5. The van der Waals surface area contributed by atoms with Crippen LogP contribution in [0.3, 0.4) is 0 Å². The molecule has 0 saturated carbocycles. The number of carbonyl (C=O) groups excluding carboxylic acids is 1. The molecule has 4 N–H and O–H groups in total. The number of carbonyl (C=O) groups is 1. The summed E-state index contributed by atoms with van der Waals surface area (Å²) < 4.78 is 5.22. The van der Waals surface area contributed by atoms with E-state index in [1.807, 2.05) is 6.92 Å². The highest BCUT2D eigenvalue weighted by Crippen LogP contribution is 2.15. The Morgan fingerprint density at radius 1 is 1.45 bits per heavy atom. The van der Waals surface area contributed by atoms with Crippen molar-refractivity contribution in [1.82, 2.24) is 0 Å². The Balaban J connectivity index is 2.20. The molecule has 0 radical (unpaired) electrons. The smallest absolute Gasteiger partial charge is 0.259 e. The molecule has 0 aliphatic heterocycles. The van der Waals surface area contributed by atoms with E-state index < -0.39 is 0 Å². The topological polar surface area (TPSA) is 101 Å². The maximum Gasteiger partial charge on any atom is 0.259 e. The maximum absolute atomic E-state index is 12.1. The second kappa shape index (κ2) is 5.92. The molecule has 0 unspecified atom stereocenters. The largest absolute Gasteiger partial charge is 0.469 e. The number of hydrogen-bond donors (Lipinski definition) is 3. The third-order valence-corrected chi connectivity index (χ3v) is 2.84. The first-order valence-electron chi connectivity index (χ1n) is 6.11. The molecule has 1 heterocycles. The van der Waals surface area contributed by atoms with Gasteiger partial charge in [-0.15, -0.1) is 0 Å². The Kier molecular flexibility index (Phi) is 4.05. The number of hydrogen-bond acceptors (Lipinski definition) is 4. The highest BCUT2D eigenvalue weighted by molar-refractivity contribution is 6.06. The van der Waals surface area contributed by atoms with Gasteiger partial charge in [-0.25, -0.2) is 0 Å². The molecule has 104 valence electrons. The second-order valence-corrected chi connectivity index (χ2v) is 4.13. The molecule has 2 aromatic rings. The van der Waals surface area contributed by atoms with Gasteiger partial charge in [0.25, 0.3) is 5.91 Å². The SMILES string of the molecule is CCc1occc1C(=O)Nc1cccc(/C(N)=N/O)c1. The molecule has 20 heavy (non-hydrogen) atoms. The Hall–Kier alpha value is -2.76. The van der Waals surface area contributed by atoms with Crippen LogP contribution in [0, 0.1) is 0 Å². The molecular formula is C14H15N3O3. The summed E-state index contributed by atoms with van der Waals surface area (Å²) in [4.78, 5) is 12.1. The average Bonchev–Trinajstić information content (AvgIpc) is 2.95. The molecule has 2 rings (SSSR count). The molecule has 6 nitrogen and oxygen atoms in total. The molecule has 1 amide bonds. The second-order valence-electron chi connectivity index (χ2n) is 4.13. The highest BCUT2D eigenvalue weighted by Gasteiger charge is 2.13. The predicted molar refractivity (Wildman–Crippen MR) is 75.0 cm³/mol. The predicted octanol–water partition coefficient (Wildman–Crippen LogP) is 2.19. The Morgan fingerprint density at radius 3 is 2.95 bits per heavy atom. The fourth-order valence-electron chi connectivity index (χ4n) is 1.83. The van der Waals surface area contributed by atoms with Crippen LogP contribution in [-0.2, 0) is 6.42 Å². The monoisotopic (exact) mass is 273 g/mol. The molecule has 0 aliphatic rings. The van der Waals surface area contributed by atoms with Crippen molar-refractivity contribution in [3.05, 3.63) is 53.5 Å². The van der Waals surface area contributed by atoms with E-state index in [0.29, 0.717) is 29.0 Å². The van der Waals surface area contributed by atoms with Crippen molar-refractivity contribution in [3.8, 4) is 0 Å². The van der Waals surface area contributed by atoms with Crippen molar-refractivity contribution in [2.45, 2.75) is 13.3 Å². The van der Waals surface area contributed by atoms with Crippen LogP contribution < -0.4 is 11.1 Å². The number of oxime groups is 1. The van der Waals surface area contributed by atoms with Gasteiger partial charge in [0.2, 0.25) is 0 Å². The van der Waals surface area contributed by atoms with Gasteiger partial charge in [-0.2, -0.15) is 0 Å². The van der Waals surface area contributed by atoms with E-state index in [0.717, 1.165) is 0 Å². The van der Waals surface area contributed by atoms with Crippen LogP contribution in [0.5, 0.6) is 0 Å². The minimum atomic E-state index is -0.257. The van der Waals surface area contributed by atoms with Gasteiger partial charge in [0.05, 0.1) is 11.8 Å². The van der Waals surface area contributed by atoms with E-state index in [2.05, 4.69) is 10.5 Å². The zero-order valence-electron chi connectivity index (χ0n) is 11.0. The number of benzene rings is 1. The fraction of sp³-hybridized carbons (Fsp3) is 0.143. The summed E-state index contributed by atoms with van der Waals surface area (Å²) in [5.74, 6) is 0.362. The molecule has 0 saturated heterocycles. The number of furan rings is 1. The average molecular weight is 273 g/mol. The molecule has 1 aromatic heterocycles. The van der Waals surface area contributed by atoms with Crippen LogP contribution in [0.15, 0.2) is 46.2 Å². The van der Waals surface area contributed by atoms with Gasteiger partial charge in [0.1, 0.15) is 5.76 Å². The number of amides is 1. The molecule has 0 atom stereocenters. The van der Waals surface area contributed by atoms with E-state index in [1.54, 1.807) is 30.3 Å². The Bertz CT molecular complexity index is 647. The van der Waals surface area contributed by atoms with Gasteiger partial charge in [-0.3, -0.25) is 4.79 Å². The number of nitrogens with one attached hydrogen (secondary N) is 1. The lowest BCUT2D eigenvalue weighted by Gasteiger charge is -2.06. The lowest BCUT2D eigenvalue weighted by molar-refractivity contribution is 0.102. The first-order chi connectivity index (χ1) is 9.65. The molecule has 0 fully saturated rings. The van der Waals surface area contributed by atoms with Gasteiger partial charge in [0, 0.05) is 17.7 Å². The van der Waals surface area contributed by atoms with Crippen LogP contribution >= 0.6 is 0 Å². The summed E-state index contributed by atoms with van der Waals surface area (Å²) in [6.07, 6.45) is 2.13. The van der Waals surface area contributed by atoms with E-state index in [9.17, 15) is 4.79 Å². The van der Waals surface area contributed by atoms with Crippen LogP contribution in [0.4, 0.5) is 5.69 Å². The van der Waals surface area contributed by atoms with Crippen molar-refractivity contribution < 1.29 is 14.4 Å². The molecule has 1 aromatic carbocycles. The minimum absolute atomic E-state index is 0.0151. The van der Waals surface area contributed by atoms with Crippen molar-refractivity contribution in [3.63, 3.8) is 0 Å². The quantitative estimate of drug-likeness (QED) is 0.344. The van der Waals surface area contributed by atoms with Crippen molar-refractivity contribution in [2.24, 2.45) is 10.9 Å². The normalized spacial score (nSPS) is 11.3. The van der Waals surface area contributed by atoms with Crippen LogP contribution in [-0.4, -0.2) is 17.0 Å². The van der Waals surface area contributed by atoms with Crippen molar-refractivity contribution in [2.75, 3.05) is 5.32 Å². The Morgan fingerprint density at radius 2 is 2.25 bits per heavy atom. The number of aryl methyl sites for hydroxylation is 1. The molecule has 0 bridgehead atoms. The maximum atomic E-state index is 12.1. The third kappa shape index (κ3) is 2.80. The zero-order valence-corrected chi connectivity index (χ0v) is 11.0. The molecule has 0 aliphatic carbocycles. The summed E-state index contributed by atoms with van der Waals surface area (Å²) in [5, 5.41) is 14.3. The Labute approximate surface area is 115 Å². The van der Waals surface area contributed by atoms with Crippen LogP contribution in [0.1, 0.15) is 28.6 Å². The van der Waals surface area contributed by atoms with Gasteiger partial charge in [0.15, 0.2) is 5.84 Å². The van der Waals surface area contributed by atoms with Gasteiger partial charge in [-0.1, -0.05) is 24.2 Å². The number of nitrogens with zero attached hydrogens (tertiary/aromatic N) is 1. The molecular weight excluding hydrogens is 258 g/mol. The summed E-state index contributed by atoms with van der Waals surface area (Å²) in [7, 11) is 0. The summed E-state index contributed by atoms with van der Waals surface area (Å²) in [6, 6.07) is 8.36. The highest BCUT2D eigenvalue weighted by atomic mass is 16.4. The summed E-state index contributed by atoms with van der Waals surface area (Å²) in [6.45, 7) is 1.91. The summed E-state index contributed by atoms with van der Waals surface area (Å²) >= 11 is 0. The third-order valence-electron chi connectivity index (χ3n) is 2.84. The lowest BCUT2D eigenvalue weighted by Crippen LogP contribution is -2.15. The van der Waals surface area contributed by atoms with Gasteiger partial charge >= 0.3 is 0 Å². The van der Waals surface area contributed by atoms with Crippen molar-refractivity contribution in [1.29, 1.82) is 0 Å². The van der Waals surface area contributed by atoms with E-state index in [4.69, 9.17) is 15.4 Å². The first-order valence-corrected chi connectivity index (χ1v) is 6.11. The number of amidine groups is 1. The lowest BCUT2D eigenvalue weighted by atomic mass is 10.1. The van der Waals surface area contributed by atoms with E-state index >= 15 is 0 Å². The van der Waals surface area contributed by atoms with Gasteiger partial charge < -0.3 is 20.7 Å². The number of nitrogens with two attached hydrogens (primary N) is 1. The van der Waals surface area contributed by atoms with Crippen molar-refractivity contribution >= 4 is 17.4 Å². The fourth-order valence-corrected chi connectivity index (χ4v) is 1.83. The van der Waals surface area contributed by atoms with E-state index in [-0.39, 0.29) is 11.7 Å². The standard InChI is InChI=1S/C14H15N3O3/c1-2-12-11(6-7-20-12)14(18)16-10-5-3-4-9(8-10)13(15)17-19/h3-8,19H,2H2,1H3,(H2,15,17)(H,16,18). The summed E-state index contributed by atoms with van der Waals surface area (Å²) in [5.41, 5.74) is 7.09. The first kappa shape index (κ1) is 13.7. The number of anilines is 1. The number of rotatable bonds is 4. The van der Waals surface area contributed by atoms with Crippen LogP contribution in [0.2, 0.25) is 0 Å². The molecule has 6 heteroatoms. The van der Waals surface area contributed by atoms with Gasteiger partial charge in [-0.05, 0) is 18.2 Å². The molecule has 0 spiro atoms. The minimum Gasteiger partial charge on any atom is -0.469 e. The van der Waals surface area contributed by atoms with Crippen LogP contribution in [0.25, 0.3) is 0 Å². The van der Waals surface area contributed by atoms with E-state index in [1.165, 1.54) is 6.26 Å².